The summed E-state index contributed by atoms with van der Waals surface area (Å²) in [6, 6.07) is 0. The van der Waals surface area contributed by atoms with Crippen LogP contribution in [0, 0.1) is 0 Å². The largest absolute Gasteiger partial charge is 0.456 e. The molecule has 2 saturated heterocycles. The number of methoxy groups -OCH3 is 1. The lowest BCUT2D eigenvalue weighted by Crippen LogP contribution is -2.41. The number of carbonyl (C=O) groups excluding carboxylic acids is 1. The van der Waals surface area contributed by atoms with E-state index in [1.807, 2.05) is 0 Å². The first-order chi connectivity index (χ1) is 6.22. The first-order valence-electron chi connectivity index (χ1n) is 4.19. The van der Waals surface area contributed by atoms with Crippen LogP contribution >= 0.6 is 11.8 Å². The number of rotatable bonds is 2. The van der Waals surface area contributed by atoms with Crippen molar-refractivity contribution < 1.29 is 19.0 Å². The third-order valence-electron chi connectivity index (χ3n) is 2.25. The van der Waals surface area contributed by atoms with E-state index in [1.54, 1.807) is 18.9 Å². The van der Waals surface area contributed by atoms with Gasteiger partial charge in [0.1, 0.15) is 0 Å². The molecule has 0 bridgehead atoms. The molecule has 2 aliphatic heterocycles. The lowest BCUT2D eigenvalue weighted by molar-refractivity contribution is -0.174. The summed E-state index contributed by atoms with van der Waals surface area (Å²) in [5.74, 6) is 0.700. The summed E-state index contributed by atoms with van der Waals surface area (Å²) < 4.78 is 15.7. The van der Waals surface area contributed by atoms with Crippen LogP contribution in [-0.4, -0.2) is 42.6 Å². The van der Waals surface area contributed by atoms with E-state index in [4.69, 9.17) is 14.2 Å². The van der Waals surface area contributed by atoms with Crippen LogP contribution in [0.15, 0.2) is 0 Å². The molecule has 5 heteroatoms. The van der Waals surface area contributed by atoms with E-state index in [-0.39, 0.29) is 29.7 Å². The third-order valence-corrected chi connectivity index (χ3v) is 3.73. The van der Waals surface area contributed by atoms with Crippen molar-refractivity contribution in [3.8, 4) is 0 Å². The van der Waals surface area contributed by atoms with Crippen LogP contribution in [0.3, 0.4) is 0 Å². The summed E-state index contributed by atoms with van der Waals surface area (Å²) in [7, 11) is 1.57. The van der Waals surface area contributed by atoms with Crippen molar-refractivity contribution in [2.75, 3.05) is 12.9 Å². The predicted molar refractivity (Wildman–Crippen MR) is 47.5 cm³/mol. The summed E-state index contributed by atoms with van der Waals surface area (Å²) in [5, 5.41) is 0.272. The molecule has 0 spiro atoms. The summed E-state index contributed by atoms with van der Waals surface area (Å²) in [4.78, 5) is 10.8. The van der Waals surface area contributed by atoms with Crippen molar-refractivity contribution in [2.45, 2.75) is 30.7 Å². The zero-order chi connectivity index (χ0) is 9.42. The van der Waals surface area contributed by atoms with E-state index in [1.165, 1.54) is 6.92 Å². The van der Waals surface area contributed by atoms with Gasteiger partial charge in [0.05, 0.1) is 11.4 Å². The van der Waals surface area contributed by atoms with Crippen molar-refractivity contribution in [1.82, 2.24) is 0 Å². The SMILES string of the molecule is CO[C@@H]1O[C@@H]2CS[C@@H]2[C@H]1OC(C)=O. The Hall–Kier alpha value is -0.260. The second-order valence-electron chi connectivity index (χ2n) is 3.15. The summed E-state index contributed by atoms with van der Waals surface area (Å²) >= 11 is 1.76. The average molecular weight is 204 g/mol. The lowest BCUT2D eigenvalue weighted by Gasteiger charge is -2.29. The standard InChI is InChI=1S/C8H12O4S/c1-4(9)11-6-7-5(3-13-7)12-8(6)10-2/h5-8H,3H2,1-2H3/t5-,6-,7+,8-/m1/s1. The summed E-state index contributed by atoms with van der Waals surface area (Å²) in [5.41, 5.74) is 0. The molecule has 0 aliphatic carbocycles. The average Bonchev–Trinajstić information content (AvgIpc) is 2.22. The van der Waals surface area contributed by atoms with E-state index in [0.29, 0.717) is 0 Å². The Morgan fingerprint density at radius 2 is 2.38 bits per heavy atom. The zero-order valence-corrected chi connectivity index (χ0v) is 8.37. The number of hydrogen-bond donors (Lipinski definition) is 0. The van der Waals surface area contributed by atoms with Crippen LogP contribution in [0.1, 0.15) is 6.92 Å². The Labute approximate surface area is 80.9 Å². The summed E-state index contributed by atoms with van der Waals surface area (Å²) in [6.07, 6.45) is -0.403. The number of fused-ring (bicyclic) bond motifs is 1. The molecule has 74 valence electrons. The van der Waals surface area contributed by atoms with Crippen LogP contribution in [-0.2, 0) is 19.0 Å². The Bertz CT molecular complexity index is 220. The number of carbonyl (C=O) groups is 1. The van der Waals surface area contributed by atoms with Gasteiger partial charge >= 0.3 is 5.97 Å². The van der Waals surface area contributed by atoms with Gasteiger partial charge in [0.25, 0.3) is 0 Å². The molecule has 0 aromatic heterocycles. The van der Waals surface area contributed by atoms with E-state index in [9.17, 15) is 4.79 Å². The second-order valence-corrected chi connectivity index (χ2v) is 4.36. The maximum absolute atomic E-state index is 10.8. The highest BCUT2D eigenvalue weighted by Crippen LogP contribution is 2.42. The summed E-state index contributed by atoms with van der Waals surface area (Å²) in [6.45, 7) is 1.41. The number of ether oxygens (including phenoxy) is 3. The monoisotopic (exact) mass is 204 g/mol. The normalized spacial score (nSPS) is 42.3. The van der Waals surface area contributed by atoms with Gasteiger partial charge in [-0.15, -0.1) is 11.8 Å². The minimum atomic E-state index is -0.381. The van der Waals surface area contributed by atoms with E-state index < -0.39 is 0 Å². The van der Waals surface area contributed by atoms with Crippen LogP contribution in [0.25, 0.3) is 0 Å². The number of hydrogen-bond acceptors (Lipinski definition) is 5. The maximum Gasteiger partial charge on any atom is 0.303 e. The van der Waals surface area contributed by atoms with Crippen molar-refractivity contribution in [1.29, 1.82) is 0 Å². The Balaban J connectivity index is 2.00. The molecular formula is C8H12O4S. The molecule has 2 rings (SSSR count). The third kappa shape index (κ3) is 1.56. The molecule has 0 aromatic rings. The molecule has 4 nitrogen and oxygen atoms in total. The molecule has 2 heterocycles. The lowest BCUT2D eigenvalue weighted by atomic mass is 10.2. The topological polar surface area (TPSA) is 44.8 Å². The molecule has 0 N–H and O–H groups in total. The van der Waals surface area contributed by atoms with Crippen molar-refractivity contribution >= 4 is 17.7 Å². The van der Waals surface area contributed by atoms with Gasteiger partial charge < -0.3 is 14.2 Å². The molecule has 2 aliphatic rings. The van der Waals surface area contributed by atoms with E-state index in [0.717, 1.165) is 5.75 Å². The van der Waals surface area contributed by atoms with Crippen molar-refractivity contribution in [2.24, 2.45) is 0 Å². The van der Waals surface area contributed by atoms with E-state index >= 15 is 0 Å². The number of thioether (sulfide) groups is 1. The minimum absolute atomic E-state index is 0.208. The Kier molecular flexibility index (Phi) is 2.49. The van der Waals surface area contributed by atoms with Crippen molar-refractivity contribution in [3.63, 3.8) is 0 Å². The first-order valence-corrected chi connectivity index (χ1v) is 5.24. The molecular weight excluding hydrogens is 192 g/mol. The fraction of sp³-hybridized carbons (Fsp3) is 0.875. The molecule has 0 unspecified atom stereocenters. The molecule has 0 radical (unpaired) electrons. The van der Waals surface area contributed by atoms with Crippen LogP contribution < -0.4 is 0 Å². The van der Waals surface area contributed by atoms with Gasteiger partial charge in [0.2, 0.25) is 0 Å². The van der Waals surface area contributed by atoms with Crippen molar-refractivity contribution in [3.05, 3.63) is 0 Å². The Morgan fingerprint density at radius 3 is 2.85 bits per heavy atom. The van der Waals surface area contributed by atoms with Gasteiger partial charge in [0, 0.05) is 19.8 Å². The second kappa shape index (κ2) is 3.48. The highest BCUT2D eigenvalue weighted by atomic mass is 32.2. The van der Waals surface area contributed by atoms with Crippen LogP contribution in [0.4, 0.5) is 0 Å². The van der Waals surface area contributed by atoms with E-state index in [2.05, 4.69) is 0 Å². The molecule has 4 atom stereocenters. The number of esters is 1. The van der Waals surface area contributed by atoms with Gasteiger partial charge in [-0.05, 0) is 0 Å². The molecule has 0 amide bonds. The fourth-order valence-corrected chi connectivity index (χ4v) is 2.71. The maximum atomic E-state index is 10.8. The fourth-order valence-electron chi connectivity index (χ4n) is 1.62. The van der Waals surface area contributed by atoms with Gasteiger partial charge in [0.15, 0.2) is 12.4 Å². The zero-order valence-electron chi connectivity index (χ0n) is 7.56. The van der Waals surface area contributed by atoms with Gasteiger partial charge in [-0.1, -0.05) is 0 Å². The van der Waals surface area contributed by atoms with Gasteiger partial charge in [-0.25, -0.2) is 0 Å². The molecule has 13 heavy (non-hydrogen) atoms. The quantitative estimate of drug-likeness (QED) is 0.609. The minimum Gasteiger partial charge on any atom is -0.456 e. The predicted octanol–water partition coefficient (Wildman–Crippen LogP) is 0.405. The highest BCUT2D eigenvalue weighted by molar-refractivity contribution is 8.01. The first kappa shape index (κ1) is 9.30. The highest BCUT2D eigenvalue weighted by Gasteiger charge is 2.52. The molecule has 2 fully saturated rings. The smallest absolute Gasteiger partial charge is 0.303 e. The van der Waals surface area contributed by atoms with Crippen LogP contribution in [0.5, 0.6) is 0 Å². The van der Waals surface area contributed by atoms with Crippen LogP contribution in [0.2, 0.25) is 0 Å². The molecule has 0 saturated carbocycles. The molecule has 0 aromatic carbocycles. The van der Waals surface area contributed by atoms with Gasteiger partial charge in [-0.2, -0.15) is 0 Å². The van der Waals surface area contributed by atoms with Gasteiger partial charge in [-0.3, -0.25) is 4.79 Å². The Morgan fingerprint density at radius 1 is 1.62 bits per heavy atom.